The molecule has 1 saturated heterocycles. The molecule has 0 radical (unpaired) electrons. The highest BCUT2D eigenvalue weighted by Crippen LogP contribution is 2.39. The van der Waals surface area contributed by atoms with E-state index in [4.69, 9.17) is 25.8 Å². The summed E-state index contributed by atoms with van der Waals surface area (Å²) in [5.41, 5.74) is 0.664. The second kappa shape index (κ2) is 10.0. The minimum atomic E-state index is -0.337. The molecule has 1 aliphatic heterocycles. The van der Waals surface area contributed by atoms with Crippen LogP contribution in [0.3, 0.4) is 0 Å². The van der Waals surface area contributed by atoms with Crippen molar-refractivity contribution < 1.29 is 23.8 Å². The monoisotopic (exact) mass is 413 g/mol. The second-order valence-electron chi connectivity index (χ2n) is 5.93. The number of carbonyl (C=O) groups is 2. The molecule has 1 fully saturated rings. The van der Waals surface area contributed by atoms with Gasteiger partial charge in [0.2, 0.25) is 0 Å². The Morgan fingerprint density at radius 3 is 2.67 bits per heavy atom. The molecule has 1 heterocycles. The zero-order chi connectivity index (χ0) is 20.0. The maximum Gasteiger partial charge on any atom is 0.293 e. The molecule has 0 spiro atoms. The summed E-state index contributed by atoms with van der Waals surface area (Å²) in [6.07, 6.45) is 2.46. The lowest BCUT2D eigenvalue weighted by atomic mass is 10.1. The van der Waals surface area contributed by atoms with E-state index in [-0.39, 0.29) is 23.8 Å². The van der Waals surface area contributed by atoms with Gasteiger partial charge in [-0.1, -0.05) is 18.5 Å². The highest BCUT2D eigenvalue weighted by molar-refractivity contribution is 8.18. The minimum absolute atomic E-state index is 0.00941. The van der Waals surface area contributed by atoms with Gasteiger partial charge in [0.25, 0.3) is 11.1 Å². The van der Waals surface area contributed by atoms with Crippen molar-refractivity contribution in [2.45, 2.75) is 33.3 Å². The van der Waals surface area contributed by atoms with E-state index >= 15 is 0 Å². The van der Waals surface area contributed by atoms with Crippen LogP contribution < -0.4 is 9.47 Å². The van der Waals surface area contributed by atoms with Gasteiger partial charge in [0.15, 0.2) is 11.5 Å². The number of ether oxygens (including phenoxy) is 3. The van der Waals surface area contributed by atoms with Crippen LogP contribution in [0.4, 0.5) is 4.79 Å². The van der Waals surface area contributed by atoms with Gasteiger partial charge in [0.1, 0.15) is 0 Å². The Bertz CT molecular complexity index is 737. The predicted octanol–water partition coefficient (Wildman–Crippen LogP) is 4.60. The molecule has 1 aromatic carbocycles. The standard InChI is InChI=1S/C19H24ClNO5S/c1-5-12(3)26-17-14(20)9-13(10-15(17)25-6-2)11-16-18(22)21(7-8-24-4)19(23)27-16/h9-12H,5-8H2,1-4H3/b16-11+/t12-/m0/s1. The van der Waals surface area contributed by atoms with Crippen molar-refractivity contribution in [1.29, 1.82) is 0 Å². The molecule has 2 amide bonds. The van der Waals surface area contributed by atoms with E-state index in [9.17, 15) is 9.59 Å². The van der Waals surface area contributed by atoms with Crippen LogP contribution in [-0.4, -0.2) is 49.0 Å². The van der Waals surface area contributed by atoms with Crippen LogP contribution in [-0.2, 0) is 9.53 Å². The van der Waals surface area contributed by atoms with Crippen molar-refractivity contribution in [2.24, 2.45) is 0 Å². The zero-order valence-corrected chi connectivity index (χ0v) is 17.5. The number of hydrogen-bond donors (Lipinski definition) is 0. The van der Waals surface area contributed by atoms with Crippen LogP contribution in [0.15, 0.2) is 17.0 Å². The lowest BCUT2D eigenvalue weighted by molar-refractivity contribution is -0.123. The molecule has 6 nitrogen and oxygen atoms in total. The van der Waals surface area contributed by atoms with Gasteiger partial charge in [-0.25, -0.2) is 0 Å². The van der Waals surface area contributed by atoms with Gasteiger partial charge in [0.05, 0.1) is 35.8 Å². The molecule has 27 heavy (non-hydrogen) atoms. The Hall–Kier alpha value is -1.70. The molecule has 0 aliphatic carbocycles. The summed E-state index contributed by atoms with van der Waals surface area (Å²) >= 11 is 7.30. The molecule has 0 unspecified atom stereocenters. The van der Waals surface area contributed by atoms with Gasteiger partial charge >= 0.3 is 0 Å². The Labute approximate surface area is 168 Å². The highest BCUT2D eigenvalue weighted by atomic mass is 35.5. The average Bonchev–Trinajstić information content (AvgIpc) is 2.89. The molecule has 0 bridgehead atoms. The van der Waals surface area contributed by atoms with Gasteiger partial charge < -0.3 is 14.2 Å². The van der Waals surface area contributed by atoms with Crippen molar-refractivity contribution >= 4 is 40.6 Å². The smallest absolute Gasteiger partial charge is 0.293 e. The Balaban J connectivity index is 2.32. The molecule has 148 valence electrons. The van der Waals surface area contributed by atoms with Crippen LogP contribution in [0, 0.1) is 0 Å². The number of amides is 2. The summed E-state index contributed by atoms with van der Waals surface area (Å²) < 4.78 is 16.5. The largest absolute Gasteiger partial charge is 0.490 e. The first-order chi connectivity index (χ1) is 12.9. The van der Waals surface area contributed by atoms with Gasteiger partial charge in [-0.2, -0.15) is 0 Å². The van der Waals surface area contributed by atoms with Crippen LogP contribution in [0.2, 0.25) is 5.02 Å². The Kier molecular flexibility index (Phi) is 8.01. The zero-order valence-electron chi connectivity index (χ0n) is 15.9. The molecule has 1 atom stereocenters. The van der Waals surface area contributed by atoms with E-state index in [1.54, 1.807) is 18.2 Å². The van der Waals surface area contributed by atoms with E-state index in [1.807, 2.05) is 20.8 Å². The number of thioether (sulfide) groups is 1. The van der Waals surface area contributed by atoms with E-state index in [2.05, 4.69) is 0 Å². The summed E-state index contributed by atoms with van der Waals surface area (Å²) in [6, 6.07) is 3.46. The number of halogens is 1. The van der Waals surface area contributed by atoms with Gasteiger partial charge in [-0.3, -0.25) is 14.5 Å². The summed E-state index contributed by atoms with van der Waals surface area (Å²) in [5, 5.41) is 0.0854. The van der Waals surface area contributed by atoms with Crippen LogP contribution in [0.1, 0.15) is 32.8 Å². The molecule has 0 saturated carbocycles. The first kappa shape index (κ1) is 21.6. The normalized spacial score (nSPS) is 16.9. The third kappa shape index (κ3) is 5.40. The Morgan fingerprint density at radius 2 is 2.04 bits per heavy atom. The lowest BCUT2D eigenvalue weighted by Crippen LogP contribution is -2.31. The number of nitrogens with zero attached hydrogens (tertiary/aromatic N) is 1. The quantitative estimate of drug-likeness (QED) is 0.551. The van der Waals surface area contributed by atoms with Crippen LogP contribution in [0.25, 0.3) is 6.08 Å². The molecular formula is C19H24ClNO5S. The van der Waals surface area contributed by atoms with Crippen molar-refractivity contribution in [1.82, 2.24) is 4.90 Å². The maximum atomic E-state index is 12.4. The third-order valence-electron chi connectivity index (χ3n) is 3.92. The van der Waals surface area contributed by atoms with E-state index in [1.165, 1.54) is 12.0 Å². The predicted molar refractivity (Wildman–Crippen MR) is 108 cm³/mol. The first-order valence-corrected chi connectivity index (χ1v) is 9.97. The number of imide groups is 1. The number of benzene rings is 1. The SMILES string of the molecule is CCOc1cc(/C=C2/SC(=O)N(CCOC)C2=O)cc(Cl)c1O[C@@H](C)CC. The van der Waals surface area contributed by atoms with E-state index < -0.39 is 0 Å². The van der Waals surface area contributed by atoms with E-state index in [0.29, 0.717) is 40.2 Å². The van der Waals surface area contributed by atoms with E-state index in [0.717, 1.165) is 18.2 Å². The van der Waals surface area contributed by atoms with Crippen molar-refractivity contribution in [2.75, 3.05) is 26.9 Å². The molecule has 1 aliphatic rings. The fourth-order valence-corrected chi connectivity index (χ4v) is 3.49. The third-order valence-corrected chi connectivity index (χ3v) is 5.10. The van der Waals surface area contributed by atoms with Crippen molar-refractivity contribution in [3.63, 3.8) is 0 Å². The maximum absolute atomic E-state index is 12.4. The van der Waals surface area contributed by atoms with Crippen LogP contribution >= 0.6 is 23.4 Å². The molecule has 0 aromatic heterocycles. The first-order valence-electron chi connectivity index (χ1n) is 8.78. The average molecular weight is 414 g/mol. The van der Waals surface area contributed by atoms with Gasteiger partial charge in [0, 0.05) is 7.11 Å². The topological polar surface area (TPSA) is 65.1 Å². The second-order valence-corrected chi connectivity index (χ2v) is 7.33. The summed E-state index contributed by atoms with van der Waals surface area (Å²) in [5.74, 6) is 0.657. The number of rotatable bonds is 9. The van der Waals surface area contributed by atoms with Gasteiger partial charge in [-0.15, -0.1) is 0 Å². The molecule has 2 rings (SSSR count). The molecule has 0 N–H and O–H groups in total. The molecule has 1 aromatic rings. The van der Waals surface area contributed by atoms with Crippen LogP contribution in [0.5, 0.6) is 11.5 Å². The Morgan fingerprint density at radius 1 is 1.30 bits per heavy atom. The summed E-state index contributed by atoms with van der Waals surface area (Å²) in [6.45, 7) is 6.82. The molecular weight excluding hydrogens is 390 g/mol. The summed E-state index contributed by atoms with van der Waals surface area (Å²) in [4.78, 5) is 26.0. The minimum Gasteiger partial charge on any atom is -0.490 e. The highest BCUT2D eigenvalue weighted by Gasteiger charge is 2.34. The number of carbonyl (C=O) groups excluding carboxylic acids is 2. The lowest BCUT2D eigenvalue weighted by Gasteiger charge is -2.18. The number of hydrogen-bond acceptors (Lipinski definition) is 6. The fourth-order valence-electron chi connectivity index (χ4n) is 2.36. The summed E-state index contributed by atoms with van der Waals surface area (Å²) in [7, 11) is 1.52. The van der Waals surface area contributed by atoms with Crippen molar-refractivity contribution in [3.05, 3.63) is 27.6 Å². The van der Waals surface area contributed by atoms with Gasteiger partial charge in [-0.05, 0) is 55.8 Å². The fraction of sp³-hybridized carbons (Fsp3) is 0.474. The number of methoxy groups -OCH3 is 1. The van der Waals surface area contributed by atoms with Crippen molar-refractivity contribution in [3.8, 4) is 11.5 Å². The molecule has 8 heteroatoms.